The Morgan fingerprint density at radius 1 is 1.59 bits per heavy atom. The van der Waals surface area contributed by atoms with Gasteiger partial charge in [0.2, 0.25) is 0 Å². The fraction of sp³-hybridized carbons (Fsp3) is 0.500. The second-order valence-corrected chi connectivity index (χ2v) is 6.18. The SMILES string of the molecule is CC(C)(C)C(N)C(=O)Cc1cn2ccsc2n1. The lowest BCUT2D eigenvalue weighted by Gasteiger charge is -2.25. The Hall–Kier alpha value is -1.20. The summed E-state index contributed by atoms with van der Waals surface area (Å²) >= 11 is 1.56. The van der Waals surface area contributed by atoms with Crippen molar-refractivity contribution < 1.29 is 4.79 Å². The monoisotopic (exact) mass is 251 g/mol. The Kier molecular flexibility index (Phi) is 3.05. The van der Waals surface area contributed by atoms with Gasteiger partial charge in [-0.25, -0.2) is 4.98 Å². The Morgan fingerprint density at radius 3 is 2.88 bits per heavy atom. The number of carbonyl (C=O) groups is 1. The van der Waals surface area contributed by atoms with Crippen molar-refractivity contribution in [2.45, 2.75) is 33.2 Å². The van der Waals surface area contributed by atoms with Crippen LogP contribution in [0.2, 0.25) is 0 Å². The standard InChI is InChI=1S/C12H17N3OS/c1-12(2,3)10(13)9(16)6-8-7-15-4-5-17-11(15)14-8/h4-5,7,10H,6,13H2,1-3H3. The predicted octanol–water partition coefficient (Wildman–Crippen LogP) is 1.88. The molecule has 0 aliphatic heterocycles. The molecule has 0 saturated carbocycles. The molecule has 0 spiro atoms. The van der Waals surface area contributed by atoms with Gasteiger partial charge in [-0.15, -0.1) is 11.3 Å². The number of aromatic nitrogens is 2. The van der Waals surface area contributed by atoms with Crippen LogP contribution in [0.4, 0.5) is 0 Å². The van der Waals surface area contributed by atoms with E-state index in [-0.39, 0.29) is 11.2 Å². The van der Waals surface area contributed by atoms with E-state index in [1.807, 2.05) is 42.9 Å². The van der Waals surface area contributed by atoms with Crippen LogP contribution in [-0.2, 0) is 11.2 Å². The minimum atomic E-state index is -0.442. The zero-order valence-corrected chi connectivity index (χ0v) is 11.1. The second-order valence-electron chi connectivity index (χ2n) is 5.31. The van der Waals surface area contributed by atoms with E-state index in [9.17, 15) is 4.79 Å². The number of rotatable bonds is 3. The Balaban J connectivity index is 2.11. The van der Waals surface area contributed by atoms with Crippen LogP contribution in [0.25, 0.3) is 4.96 Å². The van der Waals surface area contributed by atoms with Crippen molar-refractivity contribution in [2.24, 2.45) is 11.1 Å². The zero-order chi connectivity index (χ0) is 12.6. The average Bonchev–Trinajstić information content (AvgIpc) is 2.74. The van der Waals surface area contributed by atoms with Crippen molar-refractivity contribution in [1.82, 2.24) is 9.38 Å². The van der Waals surface area contributed by atoms with Gasteiger partial charge in [-0.1, -0.05) is 20.8 Å². The number of nitrogens with two attached hydrogens (primary N) is 1. The van der Waals surface area contributed by atoms with Crippen LogP contribution in [0.3, 0.4) is 0 Å². The number of nitrogens with zero attached hydrogens (tertiary/aromatic N) is 2. The summed E-state index contributed by atoms with van der Waals surface area (Å²) < 4.78 is 1.93. The van der Waals surface area contributed by atoms with Gasteiger partial charge in [0, 0.05) is 17.8 Å². The summed E-state index contributed by atoms with van der Waals surface area (Å²) in [5.74, 6) is 0.0447. The number of Topliss-reactive ketones (excluding diaryl/α,β-unsaturated/α-hetero) is 1. The van der Waals surface area contributed by atoms with E-state index in [1.54, 1.807) is 11.3 Å². The summed E-state index contributed by atoms with van der Waals surface area (Å²) in [6.45, 7) is 5.92. The van der Waals surface area contributed by atoms with Crippen molar-refractivity contribution in [3.8, 4) is 0 Å². The molecule has 2 aromatic heterocycles. The number of ketones is 1. The molecule has 2 heterocycles. The van der Waals surface area contributed by atoms with Gasteiger partial charge in [-0.05, 0) is 5.41 Å². The third-order valence-electron chi connectivity index (χ3n) is 2.78. The molecule has 0 bridgehead atoms. The maximum absolute atomic E-state index is 12.0. The first-order chi connectivity index (χ1) is 7.88. The smallest absolute Gasteiger partial charge is 0.193 e. The molecule has 92 valence electrons. The zero-order valence-electron chi connectivity index (χ0n) is 10.3. The summed E-state index contributed by atoms with van der Waals surface area (Å²) in [5, 5.41) is 1.97. The molecule has 0 aliphatic carbocycles. The summed E-state index contributed by atoms with van der Waals surface area (Å²) in [5.41, 5.74) is 6.52. The lowest BCUT2D eigenvalue weighted by atomic mass is 9.84. The summed E-state index contributed by atoms with van der Waals surface area (Å²) in [4.78, 5) is 17.3. The lowest BCUT2D eigenvalue weighted by Crippen LogP contribution is -2.43. The van der Waals surface area contributed by atoms with E-state index >= 15 is 0 Å². The molecule has 0 radical (unpaired) electrons. The van der Waals surface area contributed by atoms with Crippen LogP contribution in [0.5, 0.6) is 0 Å². The number of carbonyl (C=O) groups excluding carboxylic acids is 1. The van der Waals surface area contributed by atoms with Gasteiger partial charge in [-0.3, -0.25) is 9.20 Å². The molecular formula is C12H17N3OS. The van der Waals surface area contributed by atoms with E-state index in [0.717, 1.165) is 10.7 Å². The van der Waals surface area contributed by atoms with Gasteiger partial charge in [-0.2, -0.15) is 0 Å². The van der Waals surface area contributed by atoms with Crippen molar-refractivity contribution in [3.63, 3.8) is 0 Å². The highest BCUT2D eigenvalue weighted by atomic mass is 32.1. The first-order valence-corrected chi connectivity index (χ1v) is 6.45. The summed E-state index contributed by atoms with van der Waals surface area (Å²) in [6.07, 6.45) is 4.14. The van der Waals surface area contributed by atoms with Gasteiger partial charge < -0.3 is 5.73 Å². The highest BCUT2D eigenvalue weighted by Crippen LogP contribution is 2.19. The first-order valence-electron chi connectivity index (χ1n) is 5.57. The van der Waals surface area contributed by atoms with E-state index in [4.69, 9.17) is 5.73 Å². The summed E-state index contributed by atoms with van der Waals surface area (Å²) in [7, 11) is 0. The lowest BCUT2D eigenvalue weighted by molar-refractivity contribution is -0.121. The highest BCUT2D eigenvalue weighted by molar-refractivity contribution is 7.15. The number of thiazole rings is 1. The predicted molar refractivity (Wildman–Crippen MR) is 69.2 cm³/mol. The molecule has 4 nitrogen and oxygen atoms in total. The molecule has 0 fully saturated rings. The molecule has 1 unspecified atom stereocenters. The normalized spacial score (nSPS) is 14.1. The maximum atomic E-state index is 12.0. The van der Waals surface area contributed by atoms with Crippen molar-refractivity contribution in [1.29, 1.82) is 0 Å². The van der Waals surface area contributed by atoms with Gasteiger partial charge in [0.05, 0.1) is 18.2 Å². The third-order valence-corrected chi connectivity index (χ3v) is 3.55. The molecule has 0 aliphatic rings. The van der Waals surface area contributed by atoms with Gasteiger partial charge in [0.25, 0.3) is 0 Å². The van der Waals surface area contributed by atoms with E-state index in [0.29, 0.717) is 6.42 Å². The van der Waals surface area contributed by atoms with Crippen LogP contribution in [0.1, 0.15) is 26.5 Å². The van der Waals surface area contributed by atoms with Crippen molar-refractivity contribution in [3.05, 3.63) is 23.5 Å². The van der Waals surface area contributed by atoms with Gasteiger partial charge in [0.15, 0.2) is 10.7 Å². The van der Waals surface area contributed by atoms with Crippen LogP contribution < -0.4 is 5.73 Å². The molecule has 1 atom stereocenters. The van der Waals surface area contributed by atoms with E-state index < -0.39 is 6.04 Å². The van der Waals surface area contributed by atoms with Crippen LogP contribution in [-0.4, -0.2) is 21.2 Å². The Morgan fingerprint density at radius 2 is 2.29 bits per heavy atom. The largest absolute Gasteiger partial charge is 0.321 e. The number of hydrogen-bond acceptors (Lipinski definition) is 4. The first kappa shape index (κ1) is 12.3. The molecule has 0 saturated heterocycles. The van der Waals surface area contributed by atoms with Crippen molar-refractivity contribution in [2.75, 3.05) is 0 Å². The Labute approximate surface area is 104 Å². The fourth-order valence-corrected chi connectivity index (χ4v) is 2.35. The van der Waals surface area contributed by atoms with Crippen LogP contribution in [0, 0.1) is 5.41 Å². The average molecular weight is 251 g/mol. The number of fused-ring (bicyclic) bond motifs is 1. The molecule has 2 rings (SSSR count). The number of hydrogen-bond donors (Lipinski definition) is 1. The van der Waals surface area contributed by atoms with Gasteiger partial charge in [0.1, 0.15) is 0 Å². The number of imidazole rings is 1. The topological polar surface area (TPSA) is 60.4 Å². The maximum Gasteiger partial charge on any atom is 0.193 e. The molecule has 0 aromatic carbocycles. The van der Waals surface area contributed by atoms with E-state index in [2.05, 4.69) is 4.98 Å². The highest BCUT2D eigenvalue weighted by Gasteiger charge is 2.27. The Bertz CT molecular complexity index is 507. The van der Waals surface area contributed by atoms with E-state index in [1.165, 1.54) is 0 Å². The molecule has 2 aromatic rings. The van der Waals surface area contributed by atoms with Crippen molar-refractivity contribution >= 4 is 22.1 Å². The van der Waals surface area contributed by atoms with Gasteiger partial charge >= 0.3 is 0 Å². The fourth-order valence-electron chi connectivity index (χ4n) is 1.63. The molecule has 0 amide bonds. The molecule has 17 heavy (non-hydrogen) atoms. The van der Waals surface area contributed by atoms with Crippen LogP contribution >= 0.6 is 11.3 Å². The molecule has 2 N–H and O–H groups in total. The minimum Gasteiger partial charge on any atom is -0.321 e. The van der Waals surface area contributed by atoms with Crippen LogP contribution in [0.15, 0.2) is 17.8 Å². The molecular weight excluding hydrogens is 234 g/mol. The minimum absolute atomic E-state index is 0.0447. The quantitative estimate of drug-likeness (QED) is 0.906. The molecule has 5 heteroatoms. The third kappa shape index (κ3) is 2.56. The summed E-state index contributed by atoms with van der Waals surface area (Å²) in [6, 6.07) is -0.442. The second kappa shape index (κ2) is 4.23.